The molecule has 7 nitrogen and oxygen atoms in total. The monoisotopic (exact) mass is 460 g/mol. The SMILES string of the molecule is Cc1c(NC(=O)c2cccc(NC(=O)CCc3ccsc3)c2)c(=O)n(-c2ccccc2)n1C. The van der Waals surface area contributed by atoms with Crippen LogP contribution in [-0.2, 0) is 18.3 Å². The summed E-state index contributed by atoms with van der Waals surface area (Å²) in [6.07, 6.45) is 1.02. The van der Waals surface area contributed by atoms with Crippen molar-refractivity contribution in [2.45, 2.75) is 19.8 Å². The van der Waals surface area contributed by atoms with Gasteiger partial charge in [0, 0.05) is 24.7 Å². The molecule has 0 aliphatic carbocycles. The number of carbonyl (C=O) groups excluding carboxylic acids is 2. The van der Waals surface area contributed by atoms with E-state index >= 15 is 0 Å². The number of thiophene rings is 1. The van der Waals surface area contributed by atoms with Gasteiger partial charge in [0.05, 0.1) is 11.4 Å². The number of hydrogen-bond acceptors (Lipinski definition) is 4. The Bertz CT molecular complexity index is 1340. The van der Waals surface area contributed by atoms with E-state index in [0.29, 0.717) is 35.5 Å². The molecule has 2 aromatic heterocycles. The van der Waals surface area contributed by atoms with Gasteiger partial charge in [0.15, 0.2) is 0 Å². The summed E-state index contributed by atoms with van der Waals surface area (Å²) in [6, 6.07) is 17.9. The second kappa shape index (κ2) is 9.70. The van der Waals surface area contributed by atoms with E-state index < -0.39 is 5.91 Å². The van der Waals surface area contributed by atoms with E-state index in [1.807, 2.05) is 47.2 Å². The lowest BCUT2D eigenvalue weighted by molar-refractivity contribution is -0.116. The van der Waals surface area contributed by atoms with Gasteiger partial charge in [-0.2, -0.15) is 11.3 Å². The molecule has 4 aromatic rings. The molecule has 0 aliphatic rings. The number of rotatable bonds is 7. The highest BCUT2D eigenvalue weighted by Gasteiger charge is 2.19. The number of nitrogens with one attached hydrogen (secondary N) is 2. The molecule has 0 saturated carbocycles. The van der Waals surface area contributed by atoms with Gasteiger partial charge in [-0.1, -0.05) is 24.3 Å². The van der Waals surface area contributed by atoms with Crippen LogP contribution >= 0.6 is 11.3 Å². The Labute approximate surface area is 195 Å². The predicted molar refractivity (Wildman–Crippen MR) is 131 cm³/mol. The van der Waals surface area contributed by atoms with Crippen molar-refractivity contribution in [3.8, 4) is 5.69 Å². The maximum atomic E-state index is 13.0. The fourth-order valence-corrected chi connectivity index (χ4v) is 4.26. The quantitative estimate of drug-likeness (QED) is 0.430. The lowest BCUT2D eigenvalue weighted by Crippen LogP contribution is -2.23. The number of carbonyl (C=O) groups is 2. The van der Waals surface area contributed by atoms with Crippen molar-refractivity contribution >= 4 is 34.5 Å². The average Bonchev–Trinajstić information content (AvgIpc) is 3.41. The Kier molecular flexibility index (Phi) is 6.55. The minimum atomic E-state index is -0.421. The van der Waals surface area contributed by atoms with E-state index in [2.05, 4.69) is 10.6 Å². The van der Waals surface area contributed by atoms with E-state index in [4.69, 9.17) is 0 Å². The van der Waals surface area contributed by atoms with E-state index in [-0.39, 0.29) is 17.2 Å². The van der Waals surface area contributed by atoms with Gasteiger partial charge in [-0.3, -0.25) is 19.1 Å². The van der Waals surface area contributed by atoms with E-state index in [9.17, 15) is 14.4 Å². The van der Waals surface area contributed by atoms with Gasteiger partial charge < -0.3 is 10.6 Å². The molecule has 168 valence electrons. The molecule has 2 heterocycles. The van der Waals surface area contributed by atoms with Crippen molar-refractivity contribution in [1.82, 2.24) is 9.36 Å². The zero-order valence-corrected chi connectivity index (χ0v) is 19.2. The largest absolute Gasteiger partial charge is 0.326 e. The van der Waals surface area contributed by atoms with Crippen molar-refractivity contribution in [2.75, 3.05) is 10.6 Å². The lowest BCUT2D eigenvalue weighted by Gasteiger charge is -2.08. The second-order valence-corrected chi connectivity index (χ2v) is 8.43. The van der Waals surface area contributed by atoms with E-state index in [1.165, 1.54) is 4.68 Å². The predicted octanol–water partition coefficient (Wildman–Crippen LogP) is 4.37. The van der Waals surface area contributed by atoms with Gasteiger partial charge in [-0.15, -0.1) is 0 Å². The highest BCUT2D eigenvalue weighted by Crippen LogP contribution is 2.17. The first-order chi connectivity index (χ1) is 15.9. The molecule has 0 saturated heterocycles. The average molecular weight is 461 g/mol. The van der Waals surface area contributed by atoms with Crippen molar-refractivity contribution in [3.63, 3.8) is 0 Å². The summed E-state index contributed by atoms with van der Waals surface area (Å²) in [7, 11) is 1.77. The van der Waals surface area contributed by atoms with Crippen LogP contribution in [0.15, 0.2) is 76.2 Å². The van der Waals surface area contributed by atoms with Crippen LogP contribution in [0.1, 0.15) is 28.0 Å². The summed E-state index contributed by atoms with van der Waals surface area (Å²) < 4.78 is 3.21. The first-order valence-electron chi connectivity index (χ1n) is 10.5. The van der Waals surface area contributed by atoms with Gasteiger partial charge in [-0.05, 0) is 66.1 Å². The molecule has 0 fully saturated rings. The fraction of sp³-hybridized carbons (Fsp3) is 0.160. The maximum absolute atomic E-state index is 13.0. The molecule has 2 amide bonds. The van der Waals surface area contributed by atoms with Gasteiger partial charge in [0.2, 0.25) is 5.91 Å². The van der Waals surface area contributed by atoms with Crippen molar-refractivity contribution < 1.29 is 9.59 Å². The number of para-hydroxylation sites is 1. The number of benzene rings is 2. The zero-order chi connectivity index (χ0) is 23.4. The Balaban J connectivity index is 1.48. The molecular weight excluding hydrogens is 436 g/mol. The van der Waals surface area contributed by atoms with Gasteiger partial charge in [0.1, 0.15) is 5.69 Å². The molecular formula is C25H24N4O3S. The van der Waals surface area contributed by atoms with Crippen LogP contribution in [0.5, 0.6) is 0 Å². The lowest BCUT2D eigenvalue weighted by atomic mass is 10.1. The normalized spacial score (nSPS) is 10.7. The summed E-state index contributed by atoms with van der Waals surface area (Å²) in [4.78, 5) is 38.2. The third-order valence-corrected chi connectivity index (χ3v) is 6.15. The number of nitrogens with zero attached hydrogens (tertiary/aromatic N) is 2. The van der Waals surface area contributed by atoms with Crippen LogP contribution in [0.25, 0.3) is 5.69 Å². The number of anilines is 2. The summed E-state index contributed by atoms with van der Waals surface area (Å²) in [6.45, 7) is 1.78. The summed E-state index contributed by atoms with van der Waals surface area (Å²) in [5.74, 6) is -0.543. The van der Waals surface area contributed by atoms with E-state index in [0.717, 1.165) is 5.56 Å². The highest BCUT2D eigenvalue weighted by atomic mass is 32.1. The Morgan fingerprint density at radius 1 is 1.00 bits per heavy atom. The minimum absolute atomic E-state index is 0.122. The molecule has 0 aliphatic heterocycles. The maximum Gasteiger partial charge on any atom is 0.295 e. The number of aromatic nitrogens is 2. The molecule has 2 N–H and O–H groups in total. The first kappa shape index (κ1) is 22.3. The van der Waals surface area contributed by atoms with Crippen molar-refractivity contribution in [1.29, 1.82) is 0 Å². The minimum Gasteiger partial charge on any atom is -0.326 e. The van der Waals surface area contributed by atoms with Crippen molar-refractivity contribution in [3.05, 3.63) is 98.6 Å². The van der Waals surface area contributed by atoms with Gasteiger partial charge in [-0.25, -0.2) is 4.68 Å². The molecule has 0 bridgehead atoms. The van der Waals surface area contributed by atoms with E-state index in [1.54, 1.807) is 54.3 Å². The zero-order valence-electron chi connectivity index (χ0n) is 18.4. The van der Waals surface area contributed by atoms with Gasteiger partial charge >= 0.3 is 0 Å². The highest BCUT2D eigenvalue weighted by molar-refractivity contribution is 7.07. The van der Waals surface area contributed by atoms with Crippen LogP contribution in [0.3, 0.4) is 0 Å². The van der Waals surface area contributed by atoms with Crippen LogP contribution in [0, 0.1) is 6.92 Å². The summed E-state index contributed by atoms with van der Waals surface area (Å²) >= 11 is 1.60. The number of amides is 2. The van der Waals surface area contributed by atoms with Crippen molar-refractivity contribution in [2.24, 2.45) is 7.05 Å². The van der Waals surface area contributed by atoms with Crippen LogP contribution < -0.4 is 16.2 Å². The van der Waals surface area contributed by atoms with Crippen LogP contribution in [0.2, 0.25) is 0 Å². The van der Waals surface area contributed by atoms with Crippen LogP contribution in [0.4, 0.5) is 11.4 Å². The topological polar surface area (TPSA) is 85.1 Å². The van der Waals surface area contributed by atoms with Gasteiger partial charge in [0.25, 0.3) is 11.5 Å². The standard InChI is InChI=1S/C25H24N4O3S/c1-17-23(25(32)29(28(17)2)21-9-4-3-5-10-21)27-24(31)19-7-6-8-20(15-19)26-22(30)12-11-18-13-14-33-16-18/h3-10,13-16H,11-12H2,1-2H3,(H,26,30)(H,27,31). The molecule has 2 aromatic carbocycles. The van der Waals surface area contributed by atoms with Crippen LogP contribution in [-0.4, -0.2) is 21.2 Å². The number of hydrogen-bond donors (Lipinski definition) is 2. The molecule has 0 radical (unpaired) electrons. The smallest absolute Gasteiger partial charge is 0.295 e. The molecule has 0 spiro atoms. The third-order valence-electron chi connectivity index (χ3n) is 5.42. The Morgan fingerprint density at radius 3 is 2.52 bits per heavy atom. The second-order valence-electron chi connectivity index (χ2n) is 7.65. The summed E-state index contributed by atoms with van der Waals surface area (Å²) in [5.41, 5.74) is 3.26. The fourth-order valence-electron chi connectivity index (χ4n) is 3.55. The summed E-state index contributed by atoms with van der Waals surface area (Å²) in [5, 5.41) is 9.59. The Morgan fingerprint density at radius 2 is 1.79 bits per heavy atom. The number of aryl methyl sites for hydroxylation is 1. The molecule has 0 atom stereocenters. The Hall–Kier alpha value is -3.91. The third kappa shape index (κ3) is 4.96. The first-order valence-corrected chi connectivity index (χ1v) is 11.4. The molecule has 0 unspecified atom stereocenters. The molecule has 8 heteroatoms. The molecule has 33 heavy (non-hydrogen) atoms. The molecule has 4 rings (SSSR count).